The second-order valence-electron chi connectivity index (χ2n) is 11.6. The fraction of sp³-hybridized carbons (Fsp3) is 0.308. The maximum Gasteiger partial charge on any atom is 0.484 e. The molecule has 3 aromatic rings. The minimum Gasteiger partial charge on any atom is -0.382 e. The number of benzene rings is 3. The average molecular weight is 1170 g/mol. The highest BCUT2D eigenvalue weighted by Crippen LogP contribution is 2.40. The molecule has 0 spiro atoms. The Hall–Kier alpha value is -4.24. The molecule has 0 fully saturated rings. The molecule has 6 N–H and O–H groups in total. The number of rotatable bonds is 18. The van der Waals surface area contributed by atoms with Crippen LogP contribution in [0.15, 0.2) is 91.0 Å². The summed E-state index contributed by atoms with van der Waals surface area (Å²) >= 11 is 0. The van der Waals surface area contributed by atoms with Gasteiger partial charge in [-0.2, -0.15) is 94.4 Å². The van der Waals surface area contributed by atoms with Crippen LogP contribution in [0, 0.1) is 0 Å². The van der Waals surface area contributed by atoms with Crippen LogP contribution in [-0.4, -0.2) is 112 Å². The van der Waals surface area contributed by atoms with E-state index in [1.54, 1.807) is 54.6 Å². The highest BCUT2D eigenvalue weighted by Gasteiger charge is 2.64. The van der Waals surface area contributed by atoms with Gasteiger partial charge in [0.25, 0.3) is 20.2 Å². The average Bonchev–Trinajstić information content (AvgIpc) is 3.04. The van der Waals surface area contributed by atoms with Crippen molar-refractivity contribution < 1.29 is 132 Å². The van der Waals surface area contributed by atoms with Gasteiger partial charge < -0.3 is 12.5 Å². The molecule has 0 aromatic heterocycles. The monoisotopic (exact) mass is 1160 g/mol. The Balaban J connectivity index is 0.000000922. The Bertz CT molecular complexity index is 2890. The van der Waals surface area contributed by atoms with Gasteiger partial charge in [0, 0.05) is 0 Å². The molecular formula is C26H29F10N3O21S8. The van der Waals surface area contributed by atoms with E-state index in [4.69, 9.17) is 0 Å². The van der Waals surface area contributed by atoms with Crippen molar-refractivity contribution in [2.45, 2.75) is 24.6 Å². The summed E-state index contributed by atoms with van der Waals surface area (Å²) in [6.45, 7) is 0. The van der Waals surface area contributed by atoms with Gasteiger partial charge in [0.15, 0.2) is 5.08 Å². The van der Waals surface area contributed by atoms with Crippen molar-refractivity contribution in [1.29, 1.82) is 0 Å². The molecule has 0 atom stereocenters. The maximum atomic E-state index is 12.2. The molecule has 0 bridgehead atoms. The van der Waals surface area contributed by atoms with Gasteiger partial charge in [0.1, 0.15) is 17.2 Å². The lowest BCUT2D eigenvalue weighted by molar-refractivity contribution is -0.360. The summed E-state index contributed by atoms with van der Waals surface area (Å²) in [5.41, 5.74) is 0. The van der Waals surface area contributed by atoms with Gasteiger partial charge in [-0.15, -0.1) is 0 Å². The predicted molar refractivity (Wildman–Crippen MR) is 209 cm³/mol. The summed E-state index contributed by atoms with van der Waals surface area (Å²) < 4.78 is 310. The van der Waals surface area contributed by atoms with E-state index in [-0.39, 0.29) is 17.2 Å². The van der Waals surface area contributed by atoms with Crippen LogP contribution in [0.25, 0.3) is 0 Å². The van der Waals surface area contributed by atoms with Crippen molar-refractivity contribution in [2.75, 3.05) is 20.3 Å². The third-order valence-corrected chi connectivity index (χ3v) is 17.2. The number of sulfonamides is 3. The highest BCUT2D eigenvalue weighted by atomic mass is 32.3. The molecule has 0 heterocycles. The van der Waals surface area contributed by atoms with Crippen molar-refractivity contribution >= 4 is 80.7 Å². The summed E-state index contributed by atoms with van der Waals surface area (Å²) in [6.07, 6.45) is -26.2. The van der Waals surface area contributed by atoms with Crippen molar-refractivity contribution in [3.63, 3.8) is 0 Å². The first-order chi connectivity index (χ1) is 30.0. The normalized spacial score (nSPS) is 13.5. The molecule has 0 aliphatic rings. The van der Waals surface area contributed by atoms with Crippen LogP contribution < -0.4 is 28.0 Å². The van der Waals surface area contributed by atoms with E-state index in [0.717, 1.165) is 0 Å². The number of alkyl halides is 10. The van der Waals surface area contributed by atoms with Crippen molar-refractivity contribution in [2.24, 2.45) is 15.4 Å². The quantitative estimate of drug-likeness (QED) is 0.117. The van der Waals surface area contributed by atoms with E-state index in [0.29, 0.717) is 0 Å². The molecular weight excluding hydrogens is 1140 g/mol. The third kappa shape index (κ3) is 28.9. The number of nitrogens with two attached hydrogens (primary N) is 3. The second-order valence-corrected chi connectivity index (χ2v) is 25.8. The number of hydrogen-bond acceptors (Lipinski definition) is 21. The molecule has 3 aromatic carbocycles. The van der Waals surface area contributed by atoms with Gasteiger partial charge >= 0.3 is 54.9 Å². The van der Waals surface area contributed by atoms with Gasteiger partial charge in [-0.3, -0.25) is 0 Å². The Labute approximate surface area is 379 Å². The van der Waals surface area contributed by atoms with E-state index >= 15 is 0 Å². The number of primary sulfonamides is 3. The van der Waals surface area contributed by atoms with E-state index in [1.807, 2.05) is 0 Å². The predicted octanol–water partition coefficient (Wildman–Crippen LogP) is 0.871. The number of hydrogen-bond donors (Lipinski definition) is 3. The summed E-state index contributed by atoms with van der Waals surface area (Å²) in [6, 6.07) is 22.8. The first-order valence-corrected chi connectivity index (χ1v) is 28.7. The Kier molecular flexibility index (Phi) is 22.1. The molecule has 3 rings (SSSR count). The molecule has 0 aliphatic carbocycles. The first kappa shape index (κ1) is 63.8. The van der Waals surface area contributed by atoms with Crippen LogP contribution in [0.2, 0.25) is 0 Å². The molecule has 0 saturated carbocycles. The van der Waals surface area contributed by atoms with E-state index in [9.17, 15) is 111 Å². The van der Waals surface area contributed by atoms with E-state index in [2.05, 4.69) is 36.3 Å². The molecule has 42 heteroatoms. The molecule has 0 aliphatic heterocycles. The van der Waals surface area contributed by atoms with Crippen molar-refractivity contribution in [3.8, 4) is 17.2 Å². The summed E-state index contributed by atoms with van der Waals surface area (Å²) in [5.74, 6) is 0.112. The molecule has 0 unspecified atom stereocenters. The SMILES string of the molecule is NS(=O)(=O)CS(=O)(=O)Oc1ccccc1.NS(=O)(=O)CS(N)(=O)=O.O=S(=O)(CS(=O)(=O)OC(F)(F)C(F)(F)F)OC(F)(F)C(F)(F)F.O=S(=O)(CS(=O)(=O)Oc1ccccc1)Oc1ccccc1. The third-order valence-electron chi connectivity index (χ3n) is 5.24. The lowest BCUT2D eigenvalue weighted by Gasteiger charge is -2.20. The fourth-order valence-corrected chi connectivity index (χ4v) is 12.5. The lowest BCUT2D eigenvalue weighted by Crippen LogP contribution is -2.44. The topological polar surface area (TPSA) is 397 Å². The summed E-state index contributed by atoms with van der Waals surface area (Å²) in [4.78, 5) is 0. The van der Waals surface area contributed by atoms with Gasteiger partial charge in [-0.25, -0.2) is 40.7 Å². The molecule has 24 nitrogen and oxygen atoms in total. The highest BCUT2D eigenvalue weighted by molar-refractivity contribution is 8.06. The molecule has 392 valence electrons. The van der Waals surface area contributed by atoms with Crippen LogP contribution in [0.5, 0.6) is 17.2 Å². The second kappa shape index (κ2) is 23.6. The zero-order valence-electron chi connectivity index (χ0n) is 32.3. The van der Waals surface area contributed by atoms with Gasteiger partial charge in [-0.1, -0.05) is 54.6 Å². The van der Waals surface area contributed by atoms with Crippen LogP contribution in [0.4, 0.5) is 43.9 Å². The number of halogens is 10. The van der Waals surface area contributed by atoms with Gasteiger partial charge in [0.2, 0.25) is 45.3 Å². The Morgan fingerprint density at radius 3 is 0.721 bits per heavy atom. The maximum absolute atomic E-state index is 12.2. The van der Waals surface area contributed by atoms with Gasteiger partial charge in [0.05, 0.1) is 0 Å². The molecule has 0 radical (unpaired) electrons. The van der Waals surface area contributed by atoms with Crippen LogP contribution in [-0.2, 0) is 89.0 Å². The largest absolute Gasteiger partial charge is 0.484 e. The van der Waals surface area contributed by atoms with Gasteiger partial charge in [-0.05, 0) is 36.4 Å². The van der Waals surface area contributed by atoms with Crippen molar-refractivity contribution in [3.05, 3.63) is 91.0 Å². The fourth-order valence-electron chi connectivity index (χ4n) is 3.19. The van der Waals surface area contributed by atoms with Crippen LogP contribution in [0.1, 0.15) is 0 Å². The van der Waals surface area contributed by atoms with Crippen LogP contribution in [0.3, 0.4) is 0 Å². The Morgan fingerprint density at radius 1 is 0.324 bits per heavy atom. The summed E-state index contributed by atoms with van der Waals surface area (Å²) in [7, 11) is -37.9. The standard InChI is InChI=1S/C13H12O6S2.C7H9NO5S2.C5H2F10O6S2.CH6N2O4S2/c14-20(15,18-12-7-3-1-4-8-12)11-21(16,17)19-13-9-5-2-6-10-13;8-14(9,10)6-15(11,12)13-7-4-2-1-3-5-7;6-2(7,8)4(12,13)20-22(16,17)1-23(18,19)21-5(14,15)3(9,10)11;2-8(4,5)1-9(3,6)7/h1-10H,11H2;1-5H,6H2,(H2,8,9,10);1H2;1H2,(H2,2,4,5)(H2,3,6,7). The van der Waals surface area contributed by atoms with Crippen LogP contribution >= 0.6 is 0 Å². The molecule has 0 amide bonds. The van der Waals surface area contributed by atoms with E-state index in [1.165, 1.54) is 36.4 Å². The minimum atomic E-state index is -6.65. The minimum absolute atomic E-state index is 0.0346. The first-order valence-electron chi connectivity index (χ1n) is 15.7. The lowest BCUT2D eigenvalue weighted by atomic mass is 10.3. The summed E-state index contributed by atoms with van der Waals surface area (Å²) in [5, 5.41) is 6.36. The van der Waals surface area contributed by atoms with Crippen molar-refractivity contribution in [1.82, 2.24) is 0 Å². The smallest absolute Gasteiger partial charge is 0.382 e. The zero-order valence-corrected chi connectivity index (χ0v) is 38.9. The number of para-hydroxylation sites is 3. The Morgan fingerprint density at radius 2 is 0.529 bits per heavy atom. The molecule has 68 heavy (non-hydrogen) atoms. The van der Waals surface area contributed by atoms with E-state index < -0.39 is 126 Å². The zero-order chi connectivity index (χ0) is 53.7. The molecule has 0 saturated heterocycles.